The molecule has 1 amide bonds. The minimum Gasteiger partial charge on any atom is -0.462 e. The maximum Gasteiger partial charge on any atom is 0.404 e. The van der Waals surface area contributed by atoms with Crippen LogP contribution in [0.4, 0.5) is 4.79 Å². The fourth-order valence-corrected chi connectivity index (χ4v) is 6.99. The van der Waals surface area contributed by atoms with Crippen molar-refractivity contribution in [3.63, 3.8) is 0 Å². The summed E-state index contributed by atoms with van der Waals surface area (Å²) in [7, 11) is 0. The van der Waals surface area contributed by atoms with Crippen molar-refractivity contribution in [2.24, 2.45) is 47.2 Å². The topological polar surface area (TPSA) is 178 Å². The lowest BCUT2D eigenvalue weighted by atomic mass is 9.81. The summed E-state index contributed by atoms with van der Waals surface area (Å²) in [5.41, 5.74) is 6.36. The number of hydrogen-bond donors (Lipinski definition) is 2. The lowest BCUT2D eigenvalue weighted by Gasteiger charge is -2.38. The van der Waals surface area contributed by atoms with Gasteiger partial charge in [0.25, 0.3) is 0 Å². The van der Waals surface area contributed by atoms with Crippen LogP contribution in [0.15, 0.2) is 48.6 Å². The summed E-state index contributed by atoms with van der Waals surface area (Å²) in [6.07, 6.45) is 6.11. The number of aliphatic hydroxyl groups excluding tert-OH is 1. The van der Waals surface area contributed by atoms with Crippen molar-refractivity contribution in [1.29, 1.82) is 0 Å². The van der Waals surface area contributed by atoms with E-state index in [1.165, 1.54) is 20.8 Å². The van der Waals surface area contributed by atoms with Crippen LogP contribution in [0.5, 0.6) is 0 Å². The van der Waals surface area contributed by atoms with Crippen LogP contribution >= 0.6 is 0 Å². The number of primary amides is 1. The molecule has 12 nitrogen and oxygen atoms in total. The number of carbonyl (C=O) groups excluding carboxylic acids is 5. The van der Waals surface area contributed by atoms with Gasteiger partial charge in [-0.1, -0.05) is 90.2 Å². The number of carbonyl (C=O) groups is 5. The second-order valence-electron chi connectivity index (χ2n) is 14.2. The van der Waals surface area contributed by atoms with Crippen molar-refractivity contribution >= 4 is 30.0 Å². The Balaban J connectivity index is 3.15. The van der Waals surface area contributed by atoms with Gasteiger partial charge in [-0.05, 0) is 26.2 Å². The Kier molecular flexibility index (Phi) is 19.0. The zero-order chi connectivity index (χ0) is 39.2. The molecule has 0 spiro atoms. The van der Waals surface area contributed by atoms with Gasteiger partial charge >= 0.3 is 30.0 Å². The van der Waals surface area contributed by atoms with Gasteiger partial charge in [0.05, 0.1) is 12.0 Å². The van der Waals surface area contributed by atoms with E-state index in [9.17, 15) is 29.1 Å². The first kappa shape index (κ1) is 45.1. The fraction of sp³-hybridized carbons (Fsp3) is 0.667. The molecule has 1 fully saturated rings. The fourth-order valence-electron chi connectivity index (χ4n) is 6.99. The van der Waals surface area contributed by atoms with Gasteiger partial charge in [-0.15, -0.1) is 0 Å². The minimum atomic E-state index is -0.983. The smallest absolute Gasteiger partial charge is 0.404 e. The van der Waals surface area contributed by atoms with E-state index in [-0.39, 0.29) is 36.0 Å². The molecule has 51 heavy (non-hydrogen) atoms. The molecule has 0 bridgehead atoms. The molecule has 0 unspecified atom stereocenters. The number of nitrogens with two attached hydrogens (primary N) is 1. The maximum absolute atomic E-state index is 12.4. The Morgan fingerprint density at radius 1 is 0.843 bits per heavy atom. The van der Waals surface area contributed by atoms with Crippen LogP contribution in [-0.2, 0) is 42.9 Å². The van der Waals surface area contributed by atoms with Crippen molar-refractivity contribution < 1.29 is 52.8 Å². The molecule has 13 atom stereocenters. The van der Waals surface area contributed by atoms with E-state index in [0.717, 1.165) is 5.57 Å². The third-order valence-corrected chi connectivity index (χ3v) is 9.40. The van der Waals surface area contributed by atoms with Crippen LogP contribution < -0.4 is 5.73 Å². The standard InChI is InChI=1S/C39H61NO11/c1-13-14-15-22(3)35(51-39(40)46)27(8)36(48-30(11)42)25(6)19-21(2)18-24(5)34(47-29(10)41)23(4)16-17-32(44)20-33-26(7)37(49-31(12)43)28(9)38(45)50-33/h13-18,22-28,32-37,44H,1,19-20H2,2-12H3,(H2,40,46)/b15-14-,17-16-,21-18-/t22-,23-,24-,25-,26-,27+,28+,32+,33-,34-,35-,36+,37-/m0/s1. The van der Waals surface area contributed by atoms with Gasteiger partial charge in [0.15, 0.2) is 0 Å². The molecule has 12 heteroatoms. The summed E-state index contributed by atoms with van der Waals surface area (Å²) in [5, 5.41) is 10.9. The number of aliphatic hydroxyl groups is 1. The van der Waals surface area contributed by atoms with Gasteiger partial charge in [0.2, 0.25) is 0 Å². The molecule has 0 saturated carbocycles. The summed E-state index contributed by atoms with van der Waals surface area (Å²) in [6.45, 7) is 22.5. The molecule has 1 heterocycles. The SMILES string of the molecule is C=C/C=C\[C@H](C)[C@H](OC(N)=O)[C@@H](C)[C@H](OC(C)=O)[C@@H](C)C/C(C)=C\[C@H](C)[C@@H](OC(C)=O)[C@@H](C)/C=C\[C@@H](O)C[C@@H]1OC(=O)[C@H](C)[C@@H](OC(C)=O)[C@H]1C. The molecular formula is C39H61NO11. The molecule has 0 aliphatic carbocycles. The van der Waals surface area contributed by atoms with E-state index in [4.69, 9.17) is 29.4 Å². The van der Waals surface area contributed by atoms with E-state index in [1.54, 1.807) is 31.2 Å². The van der Waals surface area contributed by atoms with Crippen molar-refractivity contribution in [1.82, 2.24) is 0 Å². The first-order chi connectivity index (χ1) is 23.7. The maximum atomic E-state index is 12.4. The highest BCUT2D eigenvalue weighted by atomic mass is 16.6. The van der Waals surface area contributed by atoms with E-state index in [0.29, 0.717) is 6.42 Å². The number of rotatable bonds is 19. The second-order valence-corrected chi connectivity index (χ2v) is 14.2. The molecule has 3 N–H and O–H groups in total. The van der Waals surface area contributed by atoms with Crippen LogP contribution in [0.2, 0.25) is 0 Å². The first-order valence-electron chi connectivity index (χ1n) is 17.7. The van der Waals surface area contributed by atoms with Crippen molar-refractivity contribution in [2.75, 3.05) is 0 Å². The van der Waals surface area contributed by atoms with Crippen LogP contribution in [0.25, 0.3) is 0 Å². The molecule has 0 radical (unpaired) electrons. The Labute approximate surface area is 303 Å². The number of allylic oxidation sites excluding steroid dienone is 3. The summed E-state index contributed by atoms with van der Waals surface area (Å²) in [5.74, 6) is -4.25. The molecule has 1 aliphatic heterocycles. The molecule has 1 rings (SSSR count). The lowest BCUT2D eigenvalue weighted by molar-refractivity contribution is -0.188. The van der Waals surface area contributed by atoms with Crippen molar-refractivity contribution in [2.45, 2.75) is 126 Å². The summed E-state index contributed by atoms with van der Waals surface area (Å²) < 4.78 is 28.0. The van der Waals surface area contributed by atoms with Crippen molar-refractivity contribution in [3.05, 3.63) is 48.6 Å². The number of ether oxygens (including phenoxy) is 5. The van der Waals surface area contributed by atoms with Crippen LogP contribution in [-0.4, -0.2) is 71.7 Å². The molecule has 0 aromatic rings. The van der Waals surface area contributed by atoms with Gasteiger partial charge < -0.3 is 34.5 Å². The predicted octanol–water partition coefficient (Wildman–Crippen LogP) is 6.01. The van der Waals surface area contributed by atoms with Gasteiger partial charge in [0, 0.05) is 56.8 Å². The highest BCUT2D eigenvalue weighted by Gasteiger charge is 2.44. The zero-order valence-corrected chi connectivity index (χ0v) is 32.2. The Bertz CT molecular complexity index is 1290. The monoisotopic (exact) mass is 719 g/mol. The molecular weight excluding hydrogens is 658 g/mol. The molecule has 0 aromatic carbocycles. The van der Waals surface area contributed by atoms with Gasteiger partial charge in [0.1, 0.15) is 30.5 Å². The Morgan fingerprint density at radius 3 is 1.94 bits per heavy atom. The lowest BCUT2D eigenvalue weighted by Crippen LogP contribution is -2.49. The third kappa shape index (κ3) is 15.1. The van der Waals surface area contributed by atoms with Crippen LogP contribution in [0.3, 0.4) is 0 Å². The van der Waals surface area contributed by atoms with E-state index in [1.807, 2.05) is 60.6 Å². The minimum absolute atomic E-state index is 0.0991. The number of amides is 1. The summed E-state index contributed by atoms with van der Waals surface area (Å²) in [6, 6.07) is 0. The van der Waals surface area contributed by atoms with E-state index in [2.05, 4.69) is 6.58 Å². The summed E-state index contributed by atoms with van der Waals surface area (Å²) in [4.78, 5) is 60.2. The average Bonchev–Trinajstić information content (AvgIpc) is 3.02. The van der Waals surface area contributed by atoms with Gasteiger partial charge in [-0.3, -0.25) is 19.2 Å². The van der Waals surface area contributed by atoms with Crippen LogP contribution in [0.1, 0.15) is 89.0 Å². The summed E-state index contributed by atoms with van der Waals surface area (Å²) >= 11 is 0. The van der Waals surface area contributed by atoms with Gasteiger partial charge in [-0.2, -0.15) is 0 Å². The number of cyclic esters (lactones) is 1. The second kappa shape index (κ2) is 21.4. The van der Waals surface area contributed by atoms with E-state index < -0.39 is 78.4 Å². The first-order valence-corrected chi connectivity index (χ1v) is 17.7. The largest absolute Gasteiger partial charge is 0.462 e. The Morgan fingerprint density at radius 2 is 1.41 bits per heavy atom. The van der Waals surface area contributed by atoms with Crippen LogP contribution in [0, 0.1) is 41.4 Å². The number of hydrogen-bond acceptors (Lipinski definition) is 11. The molecule has 1 aliphatic rings. The van der Waals surface area contributed by atoms with E-state index >= 15 is 0 Å². The molecule has 1 saturated heterocycles. The highest BCUT2D eigenvalue weighted by molar-refractivity contribution is 5.75. The van der Waals surface area contributed by atoms with Gasteiger partial charge in [-0.25, -0.2) is 4.79 Å². The predicted molar refractivity (Wildman–Crippen MR) is 193 cm³/mol. The Hall–Kier alpha value is -3.93. The number of esters is 4. The zero-order valence-electron chi connectivity index (χ0n) is 32.2. The van der Waals surface area contributed by atoms with Crippen molar-refractivity contribution in [3.8, 4) is 0 Å². The molecule has 288 valence electrons. The normalized spacial score (nSPS) is 24.9. The molecule has 0 aromatic heterocycles. The third-order valence-electron chi connectivity index (χ3n) is 9.40. The quantitative estimate of drug-likeness (QED) is 0.0692. The highest BCUT2D eigenvalue weighted by Crippen LogP contribution is 2.33. The average molecular weight is 720 g/mol.